The monoisotopic (exact) mass is 918 g/mol. The van der Waals surface area contributed by atoms with Crippen LogP contribution in [-0.2, 0) is 28.8 Å². The second-order valence-electron chi connectivity index (χ2n) is 8.47. The predicted molar refractivity (Wildman–Crippen MR) is 162 cm³/mol. The fraction of sp³-hybridized carbons (Fsp3) is 0.520. The average molecular weight is 918 g/mol. The zero-order valence-electron chi connectivity index (χ0n) is 22.9. The van der Waals surface area contributed by atoms with E-state index in [1.165, 1.54) is 26.3 Å². The molecule has 2 rings (SSSR count). The first-order valence-corrected chi connectivity index (χ1v) is 25.0. The number of hydrogen-bond donors (Lipinski definition) is 3. The molecule has 1 fully saturated rings. The van der Waals surface area contributed by atoms with Crippen LogP contribution >= 0.6 is 37.2 Å². The Bertz CT molecular complexity index is 992. The van der Waals surface area contributed by atoms with E-state index in [2.05, 4.69) is 64.8 Å². The molecule has 3 amide bonds. The summed E-state index contributed by atoms with van der Waals surface area (Å²) in [6, 6.07) is 4.80. The Kier molecular flexibility index (Phi) is 20.6. The van der Waals surface area contributed by atoms with E-state index in [0.29, 0.717) is 36.2 Å². The van der Waals surface area contributed by atoms with Crippen molar-refractivity contribution in [2.24, 2.45) is 5.92 Å². The molecule has 0 aliphatic heterocycles. The number of rotatable bonds is 13. The Morgan fingerprint density at radius 2 is 1.76 bits per heavy atom. The first-order valence-electron chi connectivity index (χ1n) is 12.5. The number of ether oxygens (including phenoxy) is 4. The van der Waals surface area contributed by atoms with E-state index in [4.69, 9.17) is 24.0 Å². The molecular weight excluding hydrogens is 883 g/mol. The third-order valence-corrected chi connectivity index (χ3v) is 5.57. The van der Waals surface area contributed by atoms with Crippen molar-refractivity contribution in [3.05, 3.63) is 29.8 Å². The summed E-state index contributed by atoms with van der Waals surface area (Å²) in [5.74, 6) is 0.436. The number of likely N-dealkylation sites (N-methyl/N-ethyl adjacent to an activating group) is 1. The topological polar surface area (TPSA) is 160 Å². The van der Waals surface area contributed by atoms with Gasteiger partial charge in [0.15, 0.2) is 0 Å². The minimum atomic E-state index is -0.758. The van der Waals surface area contributed by atoms with Crippen LogP contribution in [-0.4, -0.2) is 70.8 Å². The van der Waals surface area contributed by atoms with E-state index >= 15 is 0 Å². The van der Waals surface area contributed by atoms with Gasteiger partial charge < -0.3 is 34.9 Å². The summed E-state index contributed by atoms with van der Waals surface area (Å²) in [6.07, 6.45) is 5.10. The summed E-state index contributed by atoms with van der Waals surface area (Å²) >= 11 is 5.30. The number of nitrogens with one attached hydrogen (secondary N) is 3. The first-order chi connectivity index (χ1) is 19.7. The van der Waals surface area contributed by atoms with Crippen LogP contribution in [0.1, 0.15) is 38.2 Å². The van der Waals surface area contributed by atoms with Gasteiger partial charge in [0, 0.05) is 24.7 Å². The second-order valence-corrected chi connectivity index (χ2v) is 24.7. The minimum absolute atomic E-state index is 0.0275. The molecule has 0 atom stereocenters. The van der Waals surface area contributed by atoms with Gasteiger partial charge in [-0.1, -0.05) is 6.92 Å². The Hall–Kier alpha value is -1.81. The van der Waals surface area contributed by atoms with Crippen LogP contribution in [0.5, 0.6) is 11.5 Å². The third-order valence-electron chi connectivity index (χ3n) is 5.57. The molecule has 0 bridgehead atoms. The Morgan fingerprint density at radius 3 is 2.41 bits per heavy atom. The van der Waals surface area contributed by atoms with Gasteiger partial charge in [-0.05, 0) is 55.9 Å². The number of esters is 1. The second kappa shape index (κ2) is 22.7. The van der Waals surface area contributed by atoms with Crippen LogP contribution in [0.4, 0.5) is 9.59 Å². The predicted octanol–water partition coefficient (Wildman–Crippen LogP) is 1.07. The van der Waals surface area contributed by atoms with Crippen LogP contribution in [0.2, 0.25) is 0 Å². The quantitative estimate of drug-likeness (QED) is 0.0498. The van der Waals surface area contributed by atoms with Gasteiger partial charge in [0.25, 0.3) is 0 Å². The number of carbonyl (C=O) groups excluding carboxylic acids is 4. The molecule has 3 N–H and O–H groups in total. The molecule has 0 heterocycles. The normalized spacial score (nSPS) is 16.0. The molecule has 1 aliphatic carbocycles. The van der Waals surface area contributed by atoms with Gasteiger partial charge in [-0.2, -0.15) is 0 Å². The molecule has 16 heteroatoms. The first kappa shape index (κ1) is 37.2. The van der Waals surface area contributed by atoms with Crippen molar-refractivity contribution in [3.8, 4) is 11.5 Å². The van der Waals surface area contributed by atoms with Gasteiger partial charge in [-0.3, -0.25) is 9.68 Å². The molecule has 0 saturated heterocycles. The zero-order valence-corrected chi connectivity index (χ0v) is 29.4. The number of methoxy groups -OCH3 is 1. The maximum atomic E-state index is 11.9. The summed E-state index contributed by atoms with van der Waals surface area (Å²) < 4.78 is 20.6. The Balaban J connectivity index is 0.00000268. The molecule has 1 aromatic rings. The molecule has 0 aromatic heterocycles. The third kappa shape index (κ3) is 17.7. The summed E-state index contributed by atoms with van der Waals surface area (Å²) in [5.41, 5.74) is 0.446. The number of carbonyl (C=O) groups is 4. The number of benzene rings is 1. The van der Waals surface area contributed by atoms with Crippen molar-refractivity contribution >= 4 is 67.4 Å². The standard InChI is InChI=1S/C25H35N3O10.I3/c1-17-4-7-19(8-5-17)28-25(32)38-37-16-36-21-10-9-20(14-18(21)6-11-23(30)33-3)34-12-13-35-24(31)27-15-22(29)26-2;1-3-2/h6,9-11,14,17,19H,4-5,7-8,12-13,15-16H2,1-3H3,(H,26,29)(H,27,31)(H,28,32);/q;-1/b11-6+;. The van der Waals surface area contributed by atoms with Crippen molar-refractivity contribution < 1.29 is 61.2 Å². The van der Waals surface area contributed by atoms with E-state index in [0.717, 1.165) is 25.7 Å². The molecule has 41 heavy (non-hydrogen) atoms. The van der Waals surface area contributed by atoms with Crippen molar-refractivity contribution in [3.63, 3.8) is 0 Å². The number of halogens is 3. The molecular formula is C25H35I3N3O10-. The number of hydrogen-bond acceptors (Lipinski definition) is 10. The van der Waals surface area contributed by atoms with Gasteiger partial charge in [0.2, 0.25) is 12.7 Å². The Morgan fingerprint density at radius 1 is 1.05 bits per heavy atom. The van der Waals surface area contributed by atoms with Crippen LogP contribution in [0.15, 0.2) is 24.3 Å². The molecule has 1 saturated carbocycles. The summed E-state index contributed by atoms with van der Waals surface area (Å²) in [6.45, 7) is 1.55. The van der Waals surface area contributed by atoms with Crippen LogP contribution in [0.25, 0.3) is 6.08 Å². The van der Waals surface area contributed by atoms with E-state index in [1.54, 1.807) is 18.2 Å². The number of alkyl carbamates (subject to hydrolysis) is 1. The fourth-order valence-corrected chi connectivity index (χ4v) is 3.45. The molecule has 0 unspecified atom stereocenters. The van der Waals surface area contributed by atoms with Crippen molar-refractivity contribution in [2.75, 3.05) is 40.7 Å². The van der Waals surface area contributed by atoms with Crippen molar-refractivity contribution in [1.82, 2.24) is 16.0 Å². The SMILES string of the molecule is CNC(=O)CNC(=O)OCCOc1ccc(OCOOC(=O)NC2CCC(C)CC2)c(/C=C/C(=O)OC)c1.I[I-]I. The van der Waals surface area contributed by atoms with E-state index in [9.17, 15) is 19.2 Å². The fourth-order valence-electron chi connectivity index (χ4n) is 3.45. The van der Waals surface area contributed by atoms with Gasteiger partial charge in [-0.25, -0.2) is 14.4 Å². The van der Waals surface area contributed by atoms with E-state index < -0.39 is 24.9 Å². The summed E-state index contributed by atoms with van der Waals surface area (Å²) in [5, 5.41) is 7.42. The van der Waals surface area contributed by atoms with Crippen LogP contribution in [0, 0.1) is 5.92 Å². The summed E-state index contributed by atoms with van der Waals surface area (Å²) in [4.78, 5) is 55.7. The van der Waals surface area contributed by atoms with Gasteiger partial charge >= 0.3 is 68.6 Å². The van der Waals surface area contributed by atoms with E-state index in [1.807, 2.05) is 0 Å². The van der Waals surface area contributed by atoms with Gasteiger partial charge in [0.1, 0.15) is 24.7 Å². The molecule has 1 aromatic carbocycles. The Labute approximate surface area is 269 Å². The van der Waals surface area contributed by atoms with Gasteiger partial charge in [-0.15, -0.1) is 4.89 Å². The van der Waals surface area contributed by atoms with Crippen molar-refractivity contribution in [2.45, 2.75) is 38.6 Å². The van der Waals surface area contributed by atoms with E-state index in [-0.39, 0.29) is 31.7 Å². The average Bonchev–Trinajstić information content (AvgIpc) is 2.97. The van der Waals surface area contributed by atoms with Gasteiger partial charge in [0.05, 0.1) is 13.7 Å². The van der Waals surface area contributed by atoms with Crippen molar-refractivity contribution in [1.29, 1.82) is 0 Å². The molecule has 1 aliphatic rings. The maximum absolute atomic E-state index is 11.9. The molecule has 232 valence electrons. The van der Waals surface area contributed by atoms with Crippen LogP contribution < -0.4 is 38.7 Å². The van der Waals surface area contributed by atoms with Crippen LogP contribution in [0.3, 0.4) is 0 Å². The number of amides is 3. The molecule has 0 spiro atoms. The summed E-state index contributed by atoms with van der Waals surface area (Å²) in [7, 11) is 2.70. The molecule has 0 radical (unpaired) electrons. The molecule has 13 nitrogen and oxygen atoms in total. The zero-order chi connectivity index (χ0) is 30.5.